The van der Waals surface area contributed by atoms with Crippen LogP contribution in [-0.2, 0) is 24.5 Å². The molecule has 2 N–H and O–H groups in total. The van der Waals surface area contributed by atoms with Crippen molar-refractivity contribution in [2.24, 2.45) is 0 Å². The Labute approximate surface area is 107 Å². The molecule has 8 nitrogen and oxygen atoms in total. The summed E-state index contributed by atoms with van der Waals surface area (Å²) in [6, 6.07) is 0. The first-order chi connectivity index (χ1) is 8.44. The molecule has 18 heavy (non-hydrogen) atoms. The van der Waals surface area contributed by atoms with Crippen LogP contribution in [0.2, 0.25) is 0 Å². The van der Waals surface area contributed by atoms with E-state index in [2.05, 4.69) is 4.72 Å². The van der Waals surface area contributed by atoms with E-state index in [1.54, 1.807) is 0 Å². The molecule has 0 aliphatic heterocycles. The number of aliphatic carboxylic acids is 1. The molecule has 0 atom stereocenters. The molecule has 0 unspecified atom stereocenters. The molecular weight excluding hydrogens is 264 g/mol. The molecule has 0 spiro atoms. The van der Waals surface area contributed by atoms with E-state index in [0.717, 1.165) is 4.31 Å². The third-order valence-electron chi connectivity index (χ3n) is 2.05. The molecule has 0 aromatic heterocycles. The lowest BCUT2D eigenvalue weighted by atomic mass is 10.5. The van der Waals surface area contributed by atoms with Gasteiger partial charge in [-0.25, -0.2) is 4.72 Å². The Bertz CT molecular complexity index is 324. The van der Waals surface area contributed by atoms with Gasteiger partial charge in [0.15, 0.2) is 0 Å². The second-order valence-electron chi connectivity index (χ2n) is 3.43. The van der Waals surface area contributed by atoms with Gasteiger partial charge in [0.25, 0.3) is 10.2 Å². The summed E-state index contributed by atoms with van der Waals surface area (Å²) in [6.45, 7) is 0.728. The summed E-state index contributed by atoms with van der Waals surface area (Å²) < 4.78 is 36.7. The van der Waals surface area contributed by atoms with Gasteiger partial charge in [0.2, 0.25) is 0 Å². The van der Waals surface area contributed by atoms with Gasteiger partial charge in [0, 0.05) is 33.9 Å². The van der Waals surface area contributed by atoms with Crippen LogP contribution >= 0.6 is 0 Å². The summed E-state index contributed by atoms with van der Waals surface area (Å²) in [4.78, 5) is 10.3. The van der Waals surface area contributed by atoms with Crippen LogP contribution in [-0.4, -0.2) is 70.9 Å². The van der Waals surface area contributed by atoms with E-state index in [1.807, 2.05) is 0 Å². The van der Waals surface area contributed by atoms with E-state index >= 15 is 0 Å². The molecule has 0 amide bonds. The number of hydrogen-bond acceptors (Lipinski definition) is 5. The zero-order valence-corrected chi connectivity index (χ0v) is 11.4. The second-order valence-corrected chi connectivity index (χ2v) is 5.18. The summed E-state index contributed by atoms with van der Waals surface area (Å²) in [5.41, 5.74) is 0. The molecule has 0 rings (SSSR count). The Morgan fingerprint density at radius 2 is 1.72 bits per heavy atom. The van der Waals surface area contributed by atoms with Crippen molar-refractivity contribution in [3.63, 3.8) is 0 Å². The van der Waals surface area contributed by atoms with Gasteiger partial charge in [-0.05, 0) is 0 Å². The highest BCUT2D eigenvalue weighted by atomic mass is 32.2. The number of hydrogen-bond donors (Lipinski definition) is 2. The molecule has 0 aromatic carbocycles. The van der Waals surface area contributed by atoms with E-state index in [1.165, 1.54) is 14.2 Å². The summed E-state index contributed by atoms with van der Waals surface area (Å²) in [7, 11) is -0.760. The van der Waals surface area contributed by atoms with Crippen LogP contribution in [0.4, 0.5) is 0 Å². The van der Waals surface area contributed by atoms with Crippen molar-refractivity contribution in [1.82, 2.24) is 9.03 Å². The lowest BCUT2D eigenvalue weighted by Gasteiger charge is -2.21. The highest BCUT2D eigenvalue weighted by Gasteiger charge is 2.20. The minimum Gasteiger partial charge on any atom is -0.481 e. The first-order valence-corrected chi connectivity index (χ1v) is 6.82. The van der Waals surface area contributed by atoms with Gasteiger partial charge in [-0.3, -0.25) is 4.79 Å². The average molecular weight is 284 g/mol. The third-order valence-corrected chi connectivity index (χ3v) is 3.67. The molecule has 108 valence electrons. The number of methoxy groups -OCH3 is 2. The smallest absolute Gasteiger partial charge is 0.304 e. The lowest BCUT2D eigenvalue weighted by Crippen LogP contribution is -2.44. The van der Waals surface area contributed by atoms with Crippen LogP contribution in [0, 0.1) is 0 Å². The molecule has 0 saturated heterocycles. The van der Waals surface area contributed by atoms with Gasteiger partial charge in [-0.1, -0.05) is 0 Å². The molecule has 0 fully saturated rings. The summed E-state index contributed by atoms with van der Waals surface area (Å²) in [5, 5.41) is 8.44. The van der Waals surface area contributed by atoms with Crippen molar-refractivity contribution >= 4 is 16.2 Å². The first-order valence-electron chi connectivity index (χ1n) is 5.38. The van der Waals surface area contributed by atoms with Crippen molar-refractivity contribution in [1.29, 1.82) is 0 Å². The van der Waals surface area contributed by atoms with Crippen molar-refractivity contribution in [3.8, 4) is 0 Å². The Hall–Kier alpha value is -0.740. The van der Waals surface area contributed by atoms with Crippen molar-refractivity contribution < 1.29 is 27.8 Å². The molecule has 0 aliphatic carbocycles. The maximum absolute atomic E-state index is 11.8. The van der Waals surface area contributed by atoms with Crippen molar-refractivity contribution in [3.05, 3.63) is 0 Å². The van der Waals surface area contributed by atoms with Crippen LogP contribution in [0.3, 0.4) is 0 Å². The predicted molar refractivity (Wildman–Crippen MR) is 64.5 cm³/mol. The molecule has 9 heteroatoms. The summed E-state index contributed by atoms with van der Waals surface area (Å²) in [5.74, 6) is -1.06. The van der Waals surface area contributed by atoms with Crippen LogP contribution in [0.5, 0.6) is 0 Å². The highest BCUT2D eigenvalue weighted by Crippen LogP contribution is 1.98. The molecule has 0 saturated carbocycles. The van der Waals surface area contributed by atoms with Crippen LogP contribution in [0.25, 0.3) is 0 Å². The summed E-state index contributed by atoms with van der Waals surface area (Å²) in [6.07, 6.45) is -0.262. The molecule has 0 heterocycles. The zero-order chi connectivity index (χ0) is 14.0. The minimum atomic E-state index is -3.70. The zero-order valence-electron chi connectivity index (χ0n) is 10.6. The number of carbonyl (C=O) groups is 1. The Morgan fingerprint density at radius 1 is 1.22 bits per heavy atom. The maximum atomic E-state index is 11.8. The number of carboxylic acids is 1. The Balaban J connectivity index is 4.37. The quantitative estimate of drug-likeness (QED) is 0.498. The fourth-order valence-corrected chi connectivity index (χ4v) is 2.29. The van der Waals surface area contributed by atoms with Gasteiger partial charge in [-0.2, -0.15) is 12.7 Å². The molecule has 0 aromatic rings. The van der Waals surface area contributed by atoms with Crippen molar-refractivity contribution in [2.75, 3.05) is 47.1 Å². The van der Waals surface area contributed by atoms with Crippen LogP contribution < -0.4 is 4.72 Å². The number of nitrogens with zero attached hydrogens (tertiary/aromatic N) is 1. The SMILES string of the molecule is COCCN(CCOC)S(=O)(=O)NCCC(=O)O. The standard InChI is InChI=1S/C9H20N2O6S/c1-16-7-5-11(6-8-17-2)18(14,15)10-4-3-9(12)13/h10H,3-8H2,1-2H3,(H,12,13). The normalized spacial score (nSPS) is 11.9. The maximum Gasteiger partial charge on any atom is 0.304 e. The molecule has 0 aliphatic rings. The fourth-order valence-electron chi connectivity index (χ4n) is 1.12. The molecule has 0 bridgehead atoms. The van der Waals surface area contributed by atoms with Gasteiger partial charge in [0.1, 0.15) is 0 Å². The second kappa shape index (κ2) is 9.22. The number of rotatable bonds is 11. The topological polar surface area (TPSA) is 105 Å². The number of ether oxygens (including phenoxy) is 2. The van der Waals surface area contributed by atoms with Gasteiger partial charge in [0.05, 0.1) is 19.6 Å². The lowest BCUT2D eigenvalue weighted by molar-refractivity contribution is -0.136. The largest absolute Gasteiger partial charge is 0.481 e. The molecule has 0 radical (unpaired) electrons. The van der Waals surface area contributed by atoms with Crippen LogP contribution in [0.1, 0.15) is 6.42 Å². The third kappa shape index (κ3) is 7.56. The fraction of sp³-hybridized carbons (Fsp3) is 0.889. The summed E-state index contributed by atoms with van der Waals surface area (Å²) >= 11 is 0. The Morgan fingerprint density at radius 3 is 2.11 bits per heavy atom. The number of carboxylic acid groups (broad SMARTS) is 1. The minimum absolute atomic E-state index is 0.145. The van der Waals surface area contributed by atoms with E-state index in [-0.39, 0.29) is 39.3 Å². The number of nitrogens with one attached hydrogen (secondary N) is 1. The van der Waals surface area contributed by atoms with Crippen molar-refractivity contribution in [2.45, 2.75) is 6.42 Å². The Kier molecular flexibility index (Phi) is 8.85. The van der Waals surface area contributed by atoms with Gasteiger partial charge < -0.3 is 14.6 Å². The highest BCUT2D eigenvalue weighted by molar-refractivity contribution is 7.87. The first kappa shape index (κ1) is 17.3. The van der Waals surface area contributed by atoms with E-state index < -0.39 is 16.2 Å². The average Bonchev–Trinajstić information content (AvgIpc) is 2.28. The molecular formula is C9H20N2O6S. The monoisotopic (exact) mass is 284 g/mol. The van der Waals surface area contributed by atoms with Gasteiger partial charge in [-0.15, -0.1) is 0 Å². The van der Waals surface area contributed by atoms with Crippen LogP contribution in [0.15, 0.2) is 0 Å². The van der Waals surface area contributed by atoms with E-state index in [9.17, 15) is 13.2 Å². The van der Waals surface area contributed by atoms with E-state index in [0.29, 0.717) is 0 Å². The van der Waals surface area contributed by atoms with Gasteiger partial charge >= 0.3 is 5.97 Å². The van der Waals surface area contributed by atoms with E-state index in [4.69, 9.17) is 14.6 Å². The predicted octanol–water partition coefficient (Wildman–Crippen LogP) is -1.11.